The molecule has 0 amide bonds. The maximum absolute atomic E-state index is 8.96. The summed E-state index contributed by atoms with van der Waals surface area (Å²) in [4.78, 5) is 4.22. The molecule has 16 heavy (non-hydrogen) atoms. The molecule has 1 aliphatic rings. The lowest BCUT2D eigenvalue weighted by atomic mass is 10.1. The Morgan fingerprint density at radius 3 is 3.25 bits per heavy atom. The van der Waals surface area contributed by atoms with Gasteiger partial charge in [-0.2, -0.15) is 5.26 Å². The van der Waals surface area contributed by atoms with E-state index in [0.717, 1.165) is 31.7 Å². The normalized spacial score (nSPS) is 20.8. The van der Waals surface area contributed by atoms with Crippen LogP contribution >= 0.6 is 0 Å². The fourth-order valence-electron chi connectivity index (χ4n) is 1.97. The third-order valence-corrected chi connectivity index (χ3v) is 2.84. The molecule has 1 aromatic rings. The zero-order chi connectivity index (χ0) is 11.2. The molecule has 84 valence electrons. The van der Waals surface area contributed by atoms with E-state index in [1.165, 1.54) is 6.42 Å². The topological polar surface area (TPSA) is 60.7 Å². The molecular weight excluding hydrogens is 200 g/mol. The monoisotopic (exact) mass is 216 g/mol. The zero-order valence-electron chi connectivity index (χ0n) is 9.24. The van der Waals surface area contributed by atoms with Gasteiger partial charge >= 0.3 is 0 Å². The van der Waals surface area contributed by atoms with Crippen LogP contribution in [0.3, 0.4) is 0 Å². The maximum atomic E-state index is 8.96. The summed E-state index contributed by atoms with van der Waals surface area (Å²) in [6, 6.07) is 6.17. The Kier molecular flexibility index (Phi) is 3.73. The highest BCUT2D eigenvalue weighted by Gasteiger charge is 2.13. The lowest BCUT2D eigenvalue weighted by Gasteiger charge is -2.16. The number of aromatic nitrogens is 1. The molecule has 0 spiro atoms. The van der Waals surface area contributed by atoms with E-state index in [4.69, 9.17) is 5.26 Å². The third kappa shape index (κ3) is 2.71. The molecule has 0 aromatic carbocycles. The van der Waals surface area contributed by atoms with E-state index in [1.54, 1.807) is 18.3 Å². The Hall–Kier alpha value is -1.60. The molecule has 2 N–H and O–H groups in total. The largest absolute Gasteiger partial charge is 0.366 e. The van der Waals surface area contributed by atoms with Gasteiger partial charge in [-0.3, -0.25) is 0 Å². The van der Waals surface area contributed by atoms with E-state index in [0.29, 0.717) is 11.6 Å². The SMILES string of the molecule is N#Cc1cccnc1NC1CCCNCC1. The van der Waals surface area contributed by atoms with Crippen molar-refractivity contribution in [2.75, 3.05) is 18.4 Å². The smallest absolute Gasteiger partial charge is 0.144 e. The second-order valence-corrected chi connectivity index (χ2v) is 4.03. The zero-order valence-corrected chi connectivity index (χ0v) is 9.24. The Labute approximate surface area is 95.7 Å². The van der Waals surface area contributed by atoms with Gasteiger partial charge in [0.25, 0.3) is 0 Å². The number of nitrogens with one attached hydrogen (secondary N) is 2. The van der Waals surface area contributed by atoms with Crippen LogP contribution in [0.2, 0.25) is 0 Å². The number of pyridine rings is 1. The first-order valence-electron chi connectivity index (χ1n) is 5.72. The van der Waals surface area contributed by atoms with Crippen molar-refractivity contribution in [1.29, 1.82) is 5.26 Å². The molecule has 2 rings (SSSR count). The molecule has 1 aromatic heterocycles. The predicted octanol–water partition coefficient (Wildman–Crippen LogP) is 1.51. The van der Waals surface area contributed by atoms with Gasteiger partial charge in [0.1, 0.15) is 11.9 Å². The third-order valence-electron chi connectivity index (χ3n) is 2.84. The number of anilines is 1. The van der Waals surface area contributed by atoms with Crippen molar-refractivity contribution in [2.45, 2.75) is 25.3 Å². The highest BCUT2D eigenvalue weighted by Crippen LogP contribution is 2.15. The van der Waals surface area contributed by atoms with Crippen LogP contribution in [0.5, 0.6) is 0 Å². The average molecular weight is 216 g/mol. The molecule has 0 radical (unpaired) electrons. The van der Waals surface area contributed by atoms with Gasteiger partial charge in [0.2, 0.25) is 0 Å². The van der Waals surface area contributed by atoms with Gasteiger partial charge in [-0.1, -0.05) is 0 Å². The summed E-state index contributed by atoms with van der Waals surface area (Å²) in [6.07, 6.45) is 5.11. The number of rotatable bonds is 2. The van der Waals surface area contributed by atoms with Crippen LogP contribution in [-0.4, -0.2) is 24.1 Å². The molecule has 1 fully saturated rings. The van der Waals surface area contributed by atoms with Crippen molar-refractivity contribution in [2.24, 2.45) is 0 Å². The summed E-state index contributed by atoms with van der Waals surface area (Å²) in [6.45, 7) is 2.12. The summed E-state index contributed by atoms with van der Waals surface area (Å²) in [5, 5.41) is 15.7. The van der Waals surface area contributed by atoms with Gasteiger partial charge in [0.05, 0.1) is 5.56 Å². The van der Waals surface area contributed by atoms with Crippen molar-refractivity contribution in [3.8, 4) is 6.07 Å². The van der Waals surface area contributed by atoms with E-state index in [9.17, 15) is 0 Å². The van der Waals surface area contributed by atoms with Crippen molar-refractivity contribution in [3.63, 3.8) is 0 Å². The van der Waals surface area contributed by atoms with Gasteiger partial charge in [-0.15, -0.1) is 0 Å². The van der Waals surface area contributed by atoms with Crippen molar-refractivity contribution in [3.05, 3.63) is 23.9 Å². The Balaban J connectivity index is 2.05. The van der Waals surface area contributed by atoms with Crippen molar-refractivity contribution in [1.82, 2.24) is 10.3 Å². The summed E-state index contributed by atoms with van der Waals surface area (Å²) >= 11 is 0. The molecule has 1 atom stereocenters. The van der Waals surface area contributed by atoms with E-state index >= 15 is 0 Å². The summed E-state index contributed by atoms with van der Waals surface area (Å²) in [5.41, 5.74) is 0.625. The van der Waals surface area contributed by atoms with Crippen molar-refractivity contribution < 1.29 is 0 Å². The Morgan fingerprint density at radius 1 is 1.44 bits per heavy atom. The van der Waals surface area contributed by atoms with E-state index in [2.05, 4.69) is 21.7 Å². The van der Waals surface area contributed by atoms with Crippen LogP contribution < -0.4 is 10.6 Å². The van der Waals surface area contributed by atoms with Crippen molar-refractivity contribution >= 4 is 5.82 Å². The number of nitriles is 1. The average Bonchev–Trinajstić information content (AvgIpc) is 2.58. The highest BCUT2D eigenvalue weighted by molar-refractivity contribution is 5.51. The van der Waals surface area contributed by atoms with E-state index < -0.39 is 0 Å². The first kappa shape index (κ1) is 10.9. The summed E-state index contributed by atoms with van der Waals surface area (Å²) < 4.78 is 0. The quantitative estimate of drug-likeness (QED) is 0.786. The number of hydrogen-bond acceptors (Lipinski definition) is 4. The first-order valence-corrected chi connectivity index (χ1v) is 5.72. The Bertz CT molecular complexity index is 375. The minimum atomic E-state index is 0.428. The lowest BCUT2D eigenvalue weighted by molar-refractivity contribution is 0.635. The Morgan fingerprint density at radius 2 is 2.38 bits per heavy atom. The van der Waals surface area contributed by atoms with Crippen LogP contribution in [-0.2, 0) is 0 Å². The molecule has 1 unspecified atom stereocenters. The fourth-order valence-corrected chi connectivity index (χ4v) is 1.97. The molecule has 0 bridgehead atoms. The summed E-state index contributed by atoms with van der Waals surface area (Å²) in [7, 11) is 0. The molecule has 0 saturated carbocycles. The first-order chi connectivity index (χ1) is 7.90. The van der Waals surface area contributed by atoms with Gasteiger partial charge in [0, 0.05) is 12.2 Å². The van der Waals surface area contributed by atoms with Gasteiger partial charge in [0.15, 0.2) is 0 Å². The molecule has 4 nitrogen and oxygen atoms in total. The molecule has 4 heteroatoms. The van der Waals surface area contributed by atoms with Gasteiger partial charge in [-0.25, -0.2) is 4.98 Å². The maximum Gasteiger partial charge on any atom is 0.144 e. The molecule has 2 heterocycles. The van der Waals surface area contributed by atoms with Crippen LogP contribution in [0.4, 0.5) is 5.82 Å². The molecule has 1 saturated heterocycles. The minimum Gasteiger partial charge on any atom is -0.366 e. The second-order valence-electron chi connectivity index (χ2n) is 4.03. The van der Waals surface area contributed by atoms with E-state index in [-0.39, 0.29) is 0 Å². The highest BCUT2D eigenvalue weighted by atomic mass is 15.0. The van der Waals surface area contributed by atoms with Crippen LogP contribution in [0.15, 0.2) is 18.3 Å². The van der Waals surface area contributed by atoms with Crippen LogP contribution in [0, 0.1) is 11.3 Å². The predicted molar refractivity (Wildman–Crippen MR) is 63.1 cm³/mol. The number of hydrogen-bond donors (Lipinski definition) is 2. The van der Waals surface area contributed by atoms with Gasteiger partial charge in [-0.05, 0) is 44.5 Å². The molecular formula is C12H16N4. The second kappa shape index (κ2) is 5.47. The lowest BCUT2D eigenvalue weighted by Crippen LogP contribution is -2.22. The van der Waals surface area contributed by atoms with E-state index in [1.807, 2.05) is 0 Å². The molecule has 1 aliphatic heterocycles. The number of nitrogens with zero attached hydrogens (tertiary/aromatic N) is 2. The minimum absolute atomic E-state index is 0.428. The van der Waals surface area contributed by atoms with Crippen LogP contribution in [0.25, 0.3) is 0 Å². The van der Waals surface area contributed by atoms with Gasteiger partial charge < -0.3 is 10.6 Å². The fraction of sp³-hybridized carbons (Fsp3) is 0.500. The molecule has 0 aliphatic carbocycles. The standard InChI is InChI=1S/C12H16N4/c13-9-10-3-1-7-15-12(10)16-11-4-2-6-14-8-5-11/h1,3,7,11,14H,2,4-6,8H2,(H,15,16). The van der Waals surface area contributed by atoms with Crippen LogP contribution in [0.1, 0.15) is 24.8 Å². The summed E-state index contributed by atoms with van der Waals surface area (Å²) in [5.74, 6) is 0.719.